The van der Waals surface area contributed by atoms with Crippen LogP contribution in [0, 0.1) is 23.7 Å². The molecule has 0 bridgehead atoms. The molecule has 0 radical (unpaired) electrons. The smallest absolute Gasteiger partial charge is 0.306 e. The first-order chi connectivity index (χ1) is 6.99. The largest absolute Gasteiger partial charge is 0.481 e. The van der Waals surface area contributed by atoms with Gasteiger partial charge in [0.25, 0.3) is 6.47 Å². The quantitative estimate of drug-likeness (QED) is 0.721. The average Bonchev–Trinajstić information content (AvgIpc) is 2.43. The Morgan fingerprint density at radius 3 is 2.53 bits per heavy atom. The number of carboxylic acids is 1. The van der Waals surface area contributed by atoms with Crippen molar-refractivity contribution >= 4 is 12.4 Å². The Kier molecular flexibility index (Phi) is 3.72. The number of carboxylic acid groups (broad SMARTS) is 1. The first-order valence-electron chi connectivity index (χ1n) is 5.31. The molecule has 4 nitrogen and oxygen atoms in total. The van der Waals surface area contributed by atoms with E-state index in [4.69, 9.17) is 9.84 Å². The third-order valence-electron chi connectivity index (χ3n) is 3.47. The van der Waals surface area contributed by atoms with E-state index in [0.717, 1.165) is 0 Å². The Balaban J connectivity index is 2.81. The second-order valence-corrected chi connectivity index (χ2v) is 4.63. The summed E-state index contributed by atoms with van der Waals surface area (Å²) in [4.78, 5) is 21.3. The summed E-state index contributed by atoms with van der Waals surface area (Å²) < 4.78 is 4.98. The molecule has 1 N–H and O–H groups in total. The maximum atomic E-state index is 11.0. The lowest BCUT2D eigenvalue weighted by Gasteiger charge is -2.25. The zero-order valence-corrected chi connectivity index (χ0v) is 9.34. The molecule has 1 fully saturated rings. The van der Waals surface area contributed by atoms with E-state index in [-0.39, 0.29) is 23.9 Å². The second kappa shape index (κ2) is 4.64. The lowest BCUT2D eigenvalue weighted by molar-refractivity contribution is -0.143. The molecule has 1 aliphatic rings. The summed E-state index contributed by atoms with van der Waals surface area (Å²) in [5, 5.41) is 9.03. The molecule has 1 saturated carbocycles. The minimum atomic E-state index is -0.787. The summed E-state index contributed by atoms with van der Waals surface area (Å²) in [5.41, 5.74) is 0. The van der Waals surface area contributed by atoms with Gasteiger partial charge >= 0.3 is 5.97 Å². The van der Waals surface area contributed by atoms with E-state index in [1.807, 2.05) is 20.8 Å². The molecular weight excluding hydrogens is 196 g/mol. The third kappa shape index (κ3) is 2.30. The van der Waals surface area contributed by atoms with Crippen molar-refractivity contribution in [3.63, 3.8) is 0 Å². The second-order valence-electron chi connectivity index (χ2n) is 4.63. The van der Waals surface area contributed by atoms with Crippen LogP contribution in [0.25, 0.3) is 0 Å². The topological polar surface area (TPSA) is 63.6 Å². The van der Waals surface area contributed by atoms with Gasteiger partial charge in [-0.3, -0.25) is 9.59 Å². The van der Waals surface area contributed by atoms with Crippen molar-refractivity contribution in [2.45, 2.75) is 33.3 Å². The Labute approximate surface area is 89.6 Å². The van der Waals surface area contributed by atoms with Gasteiger partial charge in [-0.1, -0.05) is 20.8 Å². The number of hydrogen-bond donors (Lipinski definition) is 1. The minimum Gasteiger partial charge on any atom is -0.481 e. The zero-order chi connectivity index (χ0) is 11.6. The van der Waals surface area contributed by atoms with Crippen LogP contribution in [0.2, 0.25) is 0 Å². The fraction of sp³-hybridized carbons (Fsp3) is 0.818. The summed E-state index contributed by atoms with van der Waals surface area (Å²) in [7, 11) is 0. The van der Waals surface area contributed by atoms with Crippen LogP contribution in [0.4, 0.5) is 0 Å². The standard InChI is InChI=1S/C11H18O4/c1-6(2)10-7(3)8(11(13)14)4-9(10)15-5-12/h5-10H,4H2,1-3H3,(H,13,14). The fourth-order valence-corrected chi connectivity index (χ4v) is 2.81. The molecule has 15 heavy (non-hydrogen) atoms. The molecule has 0 heterocycles. The van der Waals surface area contributed by atoms with Gasteiger partial charge in [0.15, 0.2) is 0 Å². The molecule has 4 atom stereocenters. The Bertz CT molecular complexity index is 249. The van der Waals surface area contributed by atoms with Crippen LogP contribution in [-0.4, -0.2) is 23.7 Å². The molecule has 1 rings (SSSR count). The number of aliphatic carboxylic acids is 1. The molecular formula is C11H18O4. The third-order valence-corrected chi connectivity index (χ3v) is 3.47. The number of carbonyl (C=O) groups excluding carboxylic acids is 1. The van der Waals surface area contributed by atoms with Crippen LogP contribution in [0.5, 0.6) is 0 Å². The summed E-state index contributed by atoms with van der Waals surface area (Å²) in [6.07, 6.45) is 0.205. The maximum Gasteiger partial charge on any atom is 0.306 e. The highest BCUT2D eigenvalue weighted by molar-refractivity contribution is 5.71. The van der Waals surface area contributed by atoms with Crippen molar-refractivity contribution in [3.05, 3.63) is 0 Å². The SMILES string of the molecule is CC(C)C1C(OC=O)CC(C(=O)O)C1C. The molecule has 0 aromatic rings. The number of hydrogen-bond acceptors (Lipinski definition) is 3. The lowest BCUT2D eigenvalue weighted by Crippen LogP contribution is -2.26. The van der Waals surface area contributed by atoms with Gasteiger partial charge in [0, 0.05) is 5.92 Å². The van der Waals surface area contributed by atoms with Gasteiger partial charge in [-0.2, -0.15) is 0 Å². The Morgan fingerprint density at radius 2 is 2.13 bits per heavy atom. The van der Waals surface area contributed by atoms with E-state index in [1.165, 1.54) is 0 Å². The van der Waals surface area contributed by atoms with Crippen molar-refractivity contribution in [1.29, 1.82) is 0 Å². The van der Waals surface area contributed by atoms with E-state index >= 15 is 0 Å². The highest BCUT2D eigenvalue weighted by Crippen LogP contribution is 2.42. The van der Waals surface area contributed by atoms with E-state index in [9.17, 15) is 9.59 Å². The summed E-state index contributed by atoms with van der Waals surface area (Å²) in [6, 6.07) is 0. The molecule has 0 spiro atoms. The van der Waals surface area contributed by atoms with Crippen LogP contribution < -0.4 is 0 Å². The molecule has 0 aromatic heterocycles. The Morgan fingerprint density at radius 1 is 1.53 bits per heavy atom. The van der Waals surface area contributed by atoms with Gasteiger partial charge in [0.1, 0.15) is 6.10 Å². The summed E-state index contributed by atoms with van der Waals surface area (Å²) >= 11 is 0. The van der Waals surface area contributed by atoms with Gasteiger partial charge in [-0.15, -0.1) is 0 Å². The van der Waals surface area contributed by atoms with Crippen LogP contribution in [0.1, 0.15) is 27.2 Å². The highest BCUT2D eigenvalue weighted by atomic mass is 16.5. The first kappa shape index (κ1) is 12.0. The molecule has 86 valence electrons. The van der Waals surface area contributed by atoms with Gasteiger partial charge in [0.05, 0.1) is 5.92 Å². The molecule has 0 saturated heterocycles. The van der Waals surface area contributed by atoms with E-state index in [2.05, 4.69) is 0 Å². The van der Waals surface area contributed by atoms with E-state index in [0.29, 0.717) is 18.8 Å². The fourth-order valence-electron chi connectivity index (χ4n) is 2.81. The van der Waals surface area contributed by atoms with Crippen molar-refractivity contribution in [2.24, 2.45) is 23.7 Å². The van der Waals surface area contributed by atoms with Gasteiger partial charge < -0.3 is 9.84 Å². The number of ether oxygens (including phenoxy) is 1. The van der Waals surface area contributed by atoms with Crippen molar-refractivity contribution in [1.82, 2.24) is 0 Å². The monoisotopic (exact) mass is 214 g/mol. The van der Waals surface area contributed by atoms with Crippen LogP contribution in [0.15, 0.2) is 0 Å². The molecule has 4 unspecified atom stereocenters. The average molecular weight is 214 g/mol. The molecule has 0 aromatic carbocycles. The molecule has 1 aliphatic carbocycles. The highest BCUT2D eigenvalue weighted by Gasteiger charge is 2.46. The zero-order valence-electron chi connectivity index (χ0n) is 9.34. The number of rotatable bonds is 4. The van der Waals surface area contributed by atoms with Gasteiger partial charge in [0.2, 0.25) is 0 Å². The molecule has 4 heteroatoms. The van der Waals surface area contributed by atoms with Crippen molar-refractivity contribution in [3.8, 4) is 0 Å². The predicted octanol–water partition coefficient (Wildman–Crippen LogP) is 1.54. The van der Waals surface area contributed by atoms with E-state index in [1.54, 1.807) is 0 Å². The lowest BCUT2D eigenvalue weighted by atomic mass is 9.83. The van der Waals surface area contributed by atoms with Crippen LogP contribution in [0.3, 0.4) is 0 Å². The van der Waals surface area contributed by atoms with Crippen molar-refractivity contribution in [2.75, 3.05) is 0 Å². The summed E-state index contributed by atoms with van der Waals surface area (Å²) in [6.45, 7) is 6.42. The molecule has 0 amide bonds. The van der Waals surface area contributed by atoms with Crippen LogP contribution in [-0.2, 0) is 14.3 Å². The van der Waals surface area contributed by atoms with Gasteiger partial charge in [-0.05, 0) is 18.3 Å². The normalized spacial score (nSPS) is 35.5. The predicted molar refractivity (Wildman–Crippen MR) is 54.2 cm³/mol. The maximum absolute atomic E-state index is 11.0. The molecule has 0 aliphatic heterocycles. The minimum absolute atomic E-state index is 0.0625. The first-order valence-corrected chi connectivity index (χ1v) is 5.31. The number of carbonyl (C=O) groups is 2. The van der Waals surface area contributed by atoms with Gasteiger partial charge in [-0.25, -0.2) is 0 Å². The van der Waals surface area contributed by atoms with E-state index < -0.39 is 5.97 Å². The summed E-state index contributed by atoms with van der Waals surface area (Å²) in [5.74, 6) is -0.634. The Hall–Kier alpha value is -1.06. The van der Waals surface area contributed by atoms with Crippen LogP contribution >= 0.6 is 0 Å². The van der Waals surface area contributed by atoms with Crippen molar-refractivity contribution < 1.29 is 19.4 Å².